The van der Waals surface area contributed by atoms with E-state index < -0.39 is 0 Å². The van der Waals surface area contributed by atoms with Gasteiger partial charge in [0.15, 0.2) is 0 Å². The highest BCUT2D eigenvalue weighted by Gasteiger charge is 2.16. The standard InChI is InChI=1S/C15H22ClFN2/c1-2-19(11-13-4-3-7-18-9-13)10-12-5-6-14(16)15(17)8-12/h5-6,8,13,18H,2-4,7,9-11H2,1H3. The maximum Gasteiger partial charge on any atom is 0.142 e. The molecule has 1 aromatic carbocycles. The summed E-state index contributed by atoms with van der Waals surface area (Å²) in [5.74, 6) is 0.389. The minimum Gasteiger partial charge on any atom is -0.316 e. The van der Waals surface area contributed by atoms with Crippen LogP contribution < -0.4 is 5.32 Å². The van der Waals surface area contributed by atoms with Crippen molar-refractivity contribution >= 4 is 11.6 Å². The normalized spacial score (nSPS) is 19.9. The van der Waals surface area contributed by atoms with Crippen LogP contribution in [0.4, 0.5) is 4.39 Å². The first-order valence-electron chi connectivity index (χ1n) is 7.06. The van der Waals surface area contributed by atoms with E-state index in [9.17, 15) is 4.39 Å². The van der Waals surface area contributed by atoms with Gasteiger partial charge in [-0.25, -0.2) is 4.39 Å². The molecule has 1 atom stereocenters. The lowest BCUT2D eigenvalue weighted by Gasteiger charge is -2.29. The fourth-order valence-electron chi connectivity index (χ4n) is 2.65. The lowest BCUT2D eigenvalue weighted by atomic mass is 9.99. The van der Waals surface area contributed by atoms with Gasteiger partial charge in [0.2, 0.25) is 0 Å². The molecular weight excluding hydrogens is 263 g/mol. The monoisotopic (exact) mass is 284 g/mol. The number of benzene rings is 1. The minimum absolute atomic E-state index is 0.197. The average molecular weight is 285 g/mol. The molecule has 2 nitrogen and oxygen atoms in total. The predicted octanol–water partition coefficient (Wildman–Crippen LogP) is 3.30. The summed E-state index contributed by atoms with van der Waals surface area (Å²) < 4.78 is 13.4. The Labute approximate surface area is 119 Å². The van der Waals surface area contributed by atoms with Crippen molar-refractivity contribution < 1.29 is 4.39 Å². The molecule has 19 heavy (non-hydrogen) atoms. The van der Waals surface area contributed by atoms with Gasteiger partial charge in [-0.3, -0.25) is 4.90 Å². The Morgan fingerprint density at radius 3 is 2.95 bits per heavy atom. The lowest BCUT2D eigenvalue weighted by Crippen LogP contribution is -2.38. The summed E-state index contributed by atoms with van der Waals surface area (Å²) in [5, 5.41) is 3.64. The number of nitrogens with one attached hydrogen (secondary N) is 1. The molecule has 1 unspecified atom stereocenters. The van der Waals surface area contributed by atoms with E-state index in [1.165, 1.54) is 12.8 Å². The Bertz CT molecular complexity index is 405. The van der Waals surface area contributed by atoms with E-state index in [0.29, 0.717) is 5.92 Å². The van der Waals surface area contributed by atoms with Crippen LogP contribution in [0.2, 0.25) is 5.02 Å². The Morgan fingerprint density at radius 1 is 1.47 bits per heavy atom. The molecular formula is C15H22ClFN2. The third-order valence-electron chi connectivity index (χ3n) is 3.75. The molecule has 0 radical (unpaired) electrons. The first-order valence-corrected chi connectivity index (χ1v) is 7.44. The van der Waals surface area contributed by atoms with Crippen molar-refractivity contribution in [2.75, 3.05) is 26.2 Å². The molecule has 2 rings (SSSR count). The summed E-state index contributed by atoms with van der Waals surface area (Å²) in [7, 11) is 0. The first kappa shape index (κ1) is 14.8. The Balaban J connectivity index is 1.92. The highest BCUT2D eigenvalue weighted by molar-refractivity contribution is 6.30. The van der Waals surface area contributed by atoms with Crippen LogP contribution in [0.3, 0.4) is 0 Å². The van der Waals surface area contributed by atoms with Crippen LogP contribution in [0.15, 0.2) is 18.2 Å². The van der Waals surface area contributed by atoms with Gasteiger partial charge in [0.05, 0.1) is 5.02 Å². The van der Waals surface area contributed by atoms with E-state index in [4.69, 9.17) is 11.6 Å². The highest BCUT2D eigenvalue weighted by atomic mass is 35.5. The number of nitrogens with zero attached hydrogens (tertiary/aromatic N) is 1. The van der Waals surface area contributed by atoms with E-state index in [0.717, 1.165) is 38.3 Å². The van der Waals surface area contributed by atoms with Crippen molar-refractivity contribution in [2.24, 2.45) is 5.92 Å². The number of rotatable bonds is 5. The summed E-state index contributed by atoms with van der Waals surface area (Å²) in [6, 6.07) is 5.10. The van der Waals surface area contributed by atoms with Crippen molar-refractivity contribution in [3.8, 4) is 0 Å². The molecule has 0 bridgehead atoms. The zero-order valence-electron chi connectivity index (χ0n) is 11.5. The first-order chi connectivity index (χ1) is 9.19. The van der Waals surface area contributed by atoms with Crippen molar-refractivity contribution in [1.29, 1.82) is 0 Å². The van der Waals surface area contributed by atoms with Gasteiger partial charge in [-0.05, 0) is 56.1 Å². The average Bonchev–Trinajstić information content (AvgIpc) is 2.43. The van der Waals surface area contributed by atoms with Gasteiger partial charge in [-0.15, -0.1) is 0 Å². The van der Waals surface area contributed by atoms with Crippen molar-refractivity contribution in [3.05, 3.63) is 34.6 Å². The van der Waals surface area contributed by atoms with Crippen LogP contribution in [0.5, 0.6) is 0 Å². The Kier molecular flexibility index (Phi) is 5.61. The Morgan fingerprint density at radius 2 is 2.32 bits per heavy atom. The fourth-order valence-corrected chi connectivity index (χ4v) is 2.76. The topological polar surface area (TPSA) is 15.3 Å². The quantitative estimate of drug-likeness (QED) is 0.892. The van der Waals surface area contributed by atoms with Gasteiger partial charge < -0.3 is 5.32 Å². The van der Waals surface area contributed by atoms with Crippen LogP contribution in [0, 0.1) is 11.7 Å². The second-order valence-electron chi connectivity index (χ2n) is 5.29. The molecule has 0 saturated carbocycles. The molecule has 1 N–H and O–H groups in total. The van der Waals surface area contributed by atoms with E-state index >= 15 is 0 Å². The van der Waals surface area contributed by atoms with Gasteiger partial charge in [0.1, 0.15) is 5.82 Å². The third kappa shape index (κ3) is 4.44. The van der Waals surface area contributed by atoms with E-state index in [2.05, 4.69) is 17.1 Å². The molecule has 0 amide bonds. The van der Waals surface area contributed by atoms with Gasteiger partial charge in [0, 0.05) is 13.1 Å². The van der Waals surface area contributed by atoms with Crippen LogP contribution in [-0.2, 0) is 6.54 Å². The summed E-state index contributed by atoms with van der Waals surface area (Å²) in [4.78, 5) is 2.38. The zero-order valence-corrected chi connectivity index (χ0v) is 12.2. The van der Waals surface area contributed by atoms with Crippen molar-refractivity contribution in [2.45, 2.75) is 26.3 Å². The fraction of sp³-hybridized carbons (Fsp3) is 0.600. The molecule has 1 aromatic rings. The van der Waals surface area contributed by atoms with Crippen molar-refractivity contribution in [3.63, 3.8) is 0 Å². The zero-order chi connectivity index (χ0) is 13.7. The maximum atomic E-state index is 13.4. The Hall–Kier alpha value is -0.640. The van der Waals surface area contributed by atoms with Gasteiger partial charge in [0.25, 0.3) is 0 Å². The summed E-state index contributed by atoms with van der Waals surface area (Å²) >= 11 is 5.71. The highest BCUT2D eigenvalue weighted by Crippen LogP contribution is 2.18. The number of halogens is 2. The van der Waals surface area contributed by atoms with Crippen LogP contribution in [0.1, 0.15) is 25.3 Å². The van der Waals surface area contributed by atoms with Gasteiger partial charge >= 0.3 is 0 Å². The molecule has 1 fully saturated rings. The summed E-state index contributed by atoms with van der Waals surface area (Å²) in [6.45, 7) is 7.26. The molecule has 106 valence electrons. The van der Waals surface area contributed by atoms with Gasteiger partial charge in [-0.1, -0.05) is 24.6 Å². The molecule has 1 aliphatic rings. The van der Waals surface area contributed by atoms with E-state index in [1.807, 2.05) is 6.07 Å². The SMILES string of the molecule is CCN(Cc1ccc(Cl)c(F)c1)CC1CCCNC1. The van der Waals surface area contributed by atoms with Crippen LogP contribution in [-0.4, -0.2) is 31.1 Å². The number of hydrogen-bond acceptors (Lipinski definition) is 2. The molecule has 0 aromatic heterocycles. The molecule has 0 aliphatic carbocycles. The summed E-state index contributed by atoms with van der Waals surface area (Å²) in [6.07, 6.45) is 2.55. The second-order valence-corrected chi connectivity index (χ2v) is 5.70. The summed E-state index contributed by atoms with van der Waals surface area (Å²) in [5.41, 5.74) is 0.993. The largest absolute Gasteiger partial charge is 0.316 e. The molecule has 0 spiro atoms. The molecule has 4 heteroatoms. The van der Waals surface area contributed by atoms with E-state index in [-0.39, 0.29) is 10.8 Å². The molecule has 1 heterocycles. The molecule has 1 saturated heterocycles. The predicted molar refractivity (Wildman–Crippen MR) is 78.0 cm³/mol. The third-order valence-corrected chi connectivity index (χ3v) is 4.06. The smallest absolute Gasteiger partial charge is 0.142 e. The van der Waals surface area contributed by atoms with Crippen molar-refractivity contribution in [1.82, 2.24) is 10.2 Å². The number of hydrogen-bond donors (Lipinski definition) is 1. The van der Waals surface area contributed by atoms with E-state index in [1.54, 1.807) is 12.1 Å². The number of piperidine rings is 1. The molecule has 1 aliphatic heterocycles. The second kappa shape index (κ2) is 7.22. The van der Waals surface area contributed by atoms with Crippen LogP contribution in [0.25, 0.3) is 0 Å². The maximum absolute atomic E-state index is 13.4. The minimum atomic E-state index is -0.324. The van der Waals surface area contributed by atoms with Gasteiger partial charge in [-0.2, -0.15) is 0 Å². The lowest BCUT2D eigenvalue weighted by molar-refractivity contribution is 0.209. The van der Waals surface area contributed by atoms with Crippen LogP contribution >= 0.6 is 11.6 Å².